The van der Waals surface area contributed by atoms with E-state index in [-0.39, 0.29) is 5.91 Å². The highest BCUT2D eigenvalue weighted by Crippen LogP contribution is 2.33. The van der Waals surface area contributed by atoms with Gasteiger partial charge in [0.2, 0.25) is 0 Å². The highest BCUT2D eigenvalue weighted by Gasteiger charge is 2.24. The predicted octanol–water partition coefficient (Wildman–Crippen LogP) is 3.34. The SMILES string of the molecule is CCOc1ccc(C=NNC(=O)c2[nH]nc3c2CCc2ccccc2-3)cc1. The molecule has 0 saturated carbocycles. The Kier molecular flexibility index (Phi) is 4.70. The lowest BCUT2D eigenvalue weighted by atomic mass is 9.89. The molecule has 0 unspecified atom stereocenters. The van der Waals surface area contributed by atoms with Crippen molar-refractivity contribution in [2.75, 3.05) is 6.61 Å². The van der Waals surface area contributed by atoms with Crippen LogP contribution in [0, 0.1) is 0 Å². The number of carbonyl (C=O) groups is 1. The summed E-state index contributed by atoms with van der Waals surface area (Å²) < 4.78 is 5.41. The quantitative estimate of drug-likeness (QED) is 0.541. The van der Waals surface area contributed by atoms with E-state index in [1.165, 1.54) is 5.56 Å². The molecule has 2 aromatic carbocycles. The van der Waals surface area contributed by atoms with Crippen LogP contribution in [0.5, 0.6) is 5.75 Å². The first-order valence-electron chi connectivity index (χ1n) is 8.98. The number of H-pyrrole nitrogens is 1. The van der Waals surface area contributed by atoms with Crippen molar-refractivity contribution in [2.24, 2.45) is 5.10 Å². The highest BCUT2D eigenvalue weighted by atomic mass is 16.5. The van der Waals surface area contributed by atoms with Crippen LogP contribution in [0.3, 0.4) is 0 Å². The summed E-state index contributed by atoms with van der Waals surface area (Å²) >= 11 is 0. The molecule has 1 amide bonds. The van der Waals surface area contributed by atoms with Crippen molar-refractivity contribution >= 4 is 12.1 Å². The number of benzene rings is 2. The number of fused-ring (bicyclic) bond motifs is 3. The summed E-state index contributed by atoms with van der Waals surface area (Å²) in [6, 6.07) is 15.7. The normalized spacial score (nSPS) is 12.5. The zero-order valence-electron chi connectivity index (χ0n) is 15.0. The minimum atomic E-state index is -0.287. The number of ether oxygens (including phenoxy) is 1. The van der Waals surface area contributed by atoms with E-state index < -0.39 is 0 Å². The Morgan fingerprint density at radius 3 is 2.85 bits per heavy atom. The molecule has 0 fully saturated rings. The van der Waals surface area contributed by atoms with Crippen LogP contribution < -0.4 is 10.2 Å². The van der Waals surface area contributed by atoms with E-state index in [0.29, 0.717) is 12.3 Å². The summed E-state index contributed by atoms with van der Waals surface area (Å²) in [5.74, 6) is 0.522. The molecule has 4 rings (SSSR count). The molecule has 3 aromatic rings. The largest absolute Gasteiger partial charge is 0.494 e. The Hall–Kier alpha value is -3.41. The number of aromatic nitrogens is 2. The summed E-state index contributed by atoms with van der Waals surface area (Å²) in [6.07, 6.45) is 3.29. The molecular formula is C21H20N4O2. The minimum Gasteiger partial charge on any atom is -0.494 e. The van der Waals surface area contributed by atoms with Gasteiger partial charge in [-0.2, -0.15) is 10.2 Å². The topological polar surface area (TPSA) is 79.4 Å². The lowest BCUT2D eigenvalue weighted by Crippen LogP contribution is -2.20. The maximum absolute atomic E-state index is 12.5. The average Bonchev–Trinajstić information content (AvgIpc) is 3.14. The zero-order valence-corrected chi connectivity index (χ0v) is 15.0. The van der Waals surface area contributed by atoms with Gasteiger partial charge in [-0.25, -0.2) is 5.43 Å². The van der Waals surface area contributed by atoms with Crippen LogP contribution in [0.4, 0.5) is 0 Å². The van der Waals surface area contributed by atoms with Gasteiger partial charge in [0.05, 0.1) is 18.5 Å². The summed E-state index contributed by atoms with van der Waals surface area (Å²) in [5, 5.41) is 11.3. The van der Waals surface area contributed by atoms with Crippen LogP contribution in [0.25, 0.3) is 11.3 Å². The number of rotatable bonds is 5. The minimum absolute atomic E-state index is 0.287. The summed E-state index contributed by atoms with van der Waals surface area (Å²) in [7, 11) is 0. The number of hydrazone groups is 1. The molecule has 0 saturated heterocycles. The fraction of sp³-hybridized carbons (Fsp3) is 0.190. The molecule has 1 heterocycles. The standard InChI is InChI=1S/C21H20N4O2/c1-2-27-16-10-7-14(8-11-16)13-22-25-21(26)20-18-12-9-15-5-3-4-6-17(15)19(18)23-24-20/h3-8,10-11,13H,2,9,12H2,1H3,(H,23,24)(H,25,26). The fourth-order valence-electron chi connectivity index (χ4n) is 3.29. The molecule has 6 heteroatoms. The van der Waals surface area contributed by atoms with E-state index in [4.69, 9.17) is 4.74 Å². The maximum Gasteiger partial charge on any atom is 0.289 e. The van der Waals surface area contributed by atoms with Crippen LogP contribution in [0.1, 0.15) is 34.1 Å². The van der Waals surface area contributed by atoms with Crippen molar-refractivity contribution in [3.8, 4) is 17.0 Å². The van der Waals surface area contributed by atoms with Gasteiger partial charge < -0.3 is 4.74 Å². The van der Waals surface area contributed by atoms with Gasteiger partial charge in [-0.3, -0.25) is 9.89 Å². The fourth-order valence-corrected chi connectivity index (χ4v) is 3.29. The highest BCUT2D eigenvalue weighted by molar-refractivity contribution is 5.96. The van der Waals surface area contributed by atoms with E-state index in [1.54, 1.807) is 6.21 Å². The first-order chi connectivity index (χ1) is 13.3. The number of nitrogens with zero attached hydrogens (tertiary/aromatic N) is 2. The van der Waals surface area contributed by atoms with Gasteiger partial charge in [0, 0.05) is 11.1 Å². The van der Waals surface area contributed by atoms with Crippen LogP contribution in [0.15, 0.2) is 53.6 Å². The van der Waals surface area contributed by atoms with Gasteiger partial charge in [0.15, 0.2) is 0 Å². The number of nitrogens with one attached hydrogen (secondary N) is 2. The van der Waals surface area contributed by atoms with Crippen molar-refractivity contribution in [3.05, 3.63) is 70.9 Å². The molecule has 0 radical (unpaired) electrons. The van der Waals surface area contributed by atoms with Crippen LogP contribution >= 0.6 is 0 Å². The molecule has 0 atom stereocenters. The van der Waals surface area contributed by atoms with Crippen molar-refractivity contribution in [2.45, 2.75) is 19.8 Å². The molecule has 6 nitrogen and oxygen atoms in total. The Balaban J connectivity index is 1.46. The zero-order chi connectivity index (χ0) is 18.6. The third kappa shape index (κ3) is 3.46. The second kappa shape index (κ2) is 7.45. The van der Waals surface area contributed by atoms with Gasteiger partial charge >= 0.3 is 0 Å². The van der Waals surface area contributed by atoms with Crippen LogP contribution in [-0.2, 0) is 12.8 Å². The Morgan fingerprint density at radius 2 is 2.04 bits per heavy atom. The van der Waals surface area contributed by atoms with Gasteiger partial charge in [-0.05, 0) is 55.2 Å². The summed E-state index contributed by atoms with van der Waals surface area (Å²) in [5.41, 5.74) is 8.08. The van der Waals surface area contributed by atoms with Crippen molar-refractivity contribution in [3.63, 3.8) is 0 Å². The van der Waals surface area contributed by atoms with Gasteiger partial charge in [0.1, 0.15) is 11.4 Å². The lowest BCUT2D eigenvalue weighted by Gasteiger charge is -2.15. The second-order valence-electron chi connectivity index (χ2n) is 6.28. The van der Waals surface area contributed by atoms with E-state index in [0.717, 1.165) is 41.0 Å². The number of aromatic amines is 1. The third-order valence-electron chi connectivity index (χ3n) is 4.58. The predicted molar refractivity (Wildman–Crippen MR) is 104 cm³/mol. The molecule has 27 heavy (non-hydrogen) atoms. The Bertz CT molecular complexity index is 990. The molecule has 1 aromatic heterocycles. The molecule has 136 valence electrons. The summed E-state index contributed by atoms with van der Waals surface area (Å²) in [4.78, 5) is 12.5. The van der Waals surface area contributed by atoms with Crippen LogP contribution in [-0.4, -0.2) is 28.9 Å². The molecule has 0 bridgehead atoms. The maximum atomic E-state index is 12.5. The molecule has 2 N–H and O–H groups in total. The summed E-state index contributed by atoms with van der Waals surface area (Å²) in [6.45, 7) is 2.57. The molecule has 1 aliphatic rings. The van der Waals surface area contributed by atoms with E-state index in [9.17, 15) is 4.79 Å². The molecular weight excluding hydrogens is 340 g/mol. The van der Waals surface area contributed by atoms with Gasteiger partial charge in [-0.15, -0.1) is 0 Å². The average molecular weight is 360 g/mol. The van der Waals surface area contributed by atoms with Gasteiger partial charge in [-0.1, -0.05) is 24.3 Å². The van der Waals surface area contributed by atoms with E-state index >= 15 is 0 Å². The van der Waals surface area contributed by atoms with Crippen LogP contribution in [0.2, 0.25) is 0 Å². The number of amides is 1. The first kappa shape index (κ1) is 17.0. The lowest BCUT2D eigenvalue weighted by molar-refractivity contribution is 0.0949. The third-order valence-corrected chi connectivity index (χ3v) is 4.58. The molecule has 1 aliphatic carbocycles. The van der Waals surface area contributed by atoms with Crippen molar-refractivity contribution in [1.82, 2.24) is 15.6 Å². The number of hydrogen-bond acceptors (Lipinski definition) is 4. The van der Waals surface area contributed by atoms with E-state index in [2.05, 4.69) is 26.8 Å². The number of aryl methyl sites for hydroxylation is 1. The number of hydrogen-bond donors (Lipinski definition) is 2. The number of carbonyl (C=O) groups excluding carboxylic acids is 1. The monoisotopic (exact) mass is 360 g/mol. The molecule has 0 aliphatic heterocycles. The van der Waals surface area contributed by atoms with E-state index in [1.807, 2.05) is 49.4 Å². The Morgan fingerprint density at radius 1 is 1.22 bits per heavy atom. The smallest absolute Gasteiger partial charge is 0.289 e. The molecule has 0 spiro atoms. The van der Waals surface area contributed by atoms with Gasteiger partial charge in [0.25, 0.3) is 5.91 Å². The van der Waals surface area contributed by atoms with Crippen molar-refractivity contribution < 1.29 is 9.53 Å². The second-order valence-corrected chi connectivity index (χ2v) is 6.28. The first-order valence-corrected chi connectivity index (χ1v) is 8.98. The Labute approximate surface area is 157 Å². The van der Waals surface area contributed by atoms with Crippen molar-refractivity contribution in [1.29, 1.82) is 0 Å².